The fourth-order valence-corrected chi connectivity index (χ4v) is 1.66. The highest BCUT2D eigenvalue weighted by molar-refractivity contribution is 7.81. The van der Waals surface area contributed by atoms with E-state index in [1.54, 1.807) is 0 Å². The monoisotopic (exact) mass is 276 g/mol. The lowest BCUT2D eigenvalue weighted by Crippen LogP contribution is -2.15. The summed E-state index contributed by atoms with van der Waals surface area (Å²) in [6.07, 6.45) is 0.289. The normalized spacial score (nSPS) is 17.5. The van der Waals surface area contributed by atoms with Gasteiger partial charge in [0.15, 0.2) is 0 Å². The molecule has 0 bridgehead atoms. The maximum absolute atomic E-state index is 10.2. The highest BCUT2D eigenvalue weighted by Gasteiger charge is 2.12. The molecule has 0 spiro atoms. The summed E-state index contributed by atoms with van der Waals surface area (Å²) in [5, 5.41) is 0. The van der Waals surface area contributed by atoms with Crippen LogP contribution < -0.4 is 0 Å². The van der Waals surface area contributed by atoms with Crippen LogP contribution in [0.1, 0.15) is 13.8 Å². The van der Waals surface area contributed by atoms with Crippen LogP contribution in [0.4, 0.5) is 0 Å². The van der Waals surface area contributed by atoms with Crippen molar-refractivity contribution < 1.29 is 34.3 Å². The zero-order chi connectivity index (χ0) is 13.0. The summed E-state index contributed by atoms with van der Waals surface area (Å²) >= 11 is 0. The van der Waals surface area contributed by atoms with Gasteiger partial charge < -0.3 is 0 Å². The Hall–Kier alpha value is -0.520. The third-order valence-corrected chi connectivity index (χ3v) is 2.29. The zero-order valence-electron chi connectivity index (χ0n) is 8.47. The Morgan fingerprint density at radius 2 is 1.12 bits per heavy atom. The number of hydrogen-bond acceptors (Lipinski definition) is 6. The van der Waals surface area contributed by atoms with Crippen LogP contribution in [-0.4, -0.2) is 38.1 Å². The van der Waals surface area contributed by atoms with Crippen molar-refractivity contribution >= 4 is 20.8 Å². The van der Waals surface area contributed by atoms with Gasteiger partial charge in [-0.3, -0.25) is 9.11 Å². The SMILES string of the molecule is CC(/C=C/C(C)OS(=O)(=O)O)OS(=O)(=O)O. The van der Waals surface area contributed by atoms with E-state index >= 15 is 0 Å². The fraction of sp³-hybridized carbons (Fsp3) is 0.667. The van der Waals surface area contributed by atoms with E-state index in [0.717, 1.165) is 12.2 Å². The molecule has 0 aromatic rings. The quantitative estimate of drug-likeness (QED) is 0.511. The van der Waals surface area contributed by atoms with Gasteiger partial charge in [0.2, 0.25) is 0 Å². The first kappa shape index (κ1) is 15.5. The smallest absolute Gasteiger partial charge is 0.264 e. The molecule has 0 heterocycles. The summed E-state index contributed by atoms with van der Waals surface area (Å²) in [6.45, 7) is 2.59. The molecule has 16 heavy (non-hydrogen) atoms. The molecule has 0 amide bonds. The Labute approximate surface area is 93.8 Å². The molecule has 2 atom stereocenters. The zero-order valence-corrected chi connectivity index (χ0v) is 10.1. The molecule has 0 rings (SSSR count). The van der Waals surface area contributed by atoms with E-state index < -0.39 is 33.0 Å². The van der Waals surface area contributed by atoms with Crippen LogP contribution in [0, 0.1) is 0 Å². The second kappa shape index (κ2) is 5.70. The second-order valence-electron chi connectivity index (χ2n) is 2.84. The number of rotatable bonds is 6. The molecule has 0 aliphatic carbocycles. The molecule has 0 aromatic heterocycles. The molecule has 0 aromatic carbocycles. The average molecular weight is 276 g/mol. The van der Waals surface area contributed by atoms with Crippen LogP contribution in [0.3, 0.4) is 0 Å². The van der Waals surface area contributed by atoms with E-state index in [-0.39, 0.29) is 0 Å². The predicted octanol–water partition coefficient (Wildman–Crippen LogP) is -0.0416. The highest BCUT2D eigenvalue weighted by Crippen LogP contribution is 2.03. The maximum atomic E-state index is 10.2. The molecule has 2 N–H and O–H groups in total. The topological polar surface area (TPSA) is 127 Å². The van der Waals surface area contributed by atoms with E-state index in [1.807, 2.05) is 0 Å². The Kier molecular flexibility index (Phi) is 5.52. The summed E-state index contributed by atoms with van der Waals surface area (Å²) in [7, 11) is -9.13. The van der Waals surface area contributed by atoms with Gasteiger partial charge in [-0.25, -0.2) is 8.37 Å². The molecule has 96 valence electrons. The molecule has 0 aliphatic heterocycles. The molecule has 0 radical (unpaired) electrons. The molecule has 2 unspecified atom stereocenters. The van der Waals surface area contributed by atoms with Gasteiger partial charge >= 0.3 is 20.8 Å². The first-order chi connectivity index (χ1) is 6.99. The largest absolute Gasteiger partial charge is 0.397 e. The van der Waals surface area contributed by atoms with Crippen molar-refractivity contribution in [3.63, 3.8) is 0 Å². The second-order valence-corrected chi connectivity index (χ2v) is 4.94. The Bertz CT molecular complexity index is 391. The van der Waals surface area contributed by atoms with Crippen molar-refractivity contribution in [1.82, 2.24) is 0 Å². The van der Waals surface area contributed by atoms with Crippen molar-refractivity contribution in [2.75, 3.05) is 0 Å². The lowest BCUT2D eigenvalue weighted by molar-refractivity contribution is 0.221. The predicted molar refractivity (Wildman–Crippen MR) is 53.3 cm³/mol. The van der Waals surface area contributed by atoms with Gasteiger partial charge in [0, 0.05) is 0 Å². The molecule has 0 saturated heterocycles. The van der Waals surface area contributed by atoms with Crippen LogP contribution in [0.2, 0.25) is 0 Å². The maximum Gasteiger partial charge on any atom is 0.397 e. The molecular formula is C6H12O8S2. The van der Waals surface area contributed by atoms with Gasteiger partial charge in [0.1, 0.15) is 0 Å². The van der Waals surface area contributed by atoms with Gasteiger partial charge in [0.05, 0.1) is 12.2 Å². The van der Waals surface area contributed by atoms with Gasteiger partial charge in [-0.05, 0) is 13.8 Å². The minimum absolute atomic E-state index is 0.998. The Morgan fingerprint density at radius 3 is 1.31 bits per heavy atom. The standard InChI is InChI=1S/C6H12O8S2/c1-5(13-15(7,8)9)3-4-6(2)14-16(10,11)12/h3-6H,1-2H3,(H,7,8,9)(H,10,11,12)/b4-3+. The van der Waals surface area contributed by atoms with Gasteiger partial charge in [-0.1, -0.05) is 12.2 Å². The highest BCUT2D eigenvalue weighted by atomic mass is 32.3. The van der Waals surface area contributed by atoms with Crippen LogP contribution in [0.5, 0.6) is 0 Å². The summed E-state index contributed by atoms with van der Waals surface area (Å²) < 4.78 is 65.8. The molecule has 10 heteroatoms. The van der Waals surface area contributed by atoms with Crippen molar-refractivity contribution in [1.29, 1.82) is 0 Å². The van der Waals surface area contributed by atoms with Gasteiger partial charge in [-0.15, -0.1) is 0 Å². The molecule has 8 nitrogen and oxygen atoms in total. The van der Waals surface area contributed by atoms with E-state index in [9.17, 15) is 16.8 Å². The van der Waals surface area contributed by atoms with Crippen molar-refractivity contribution in [2.45, 2.75) is 26.1 Å². The van der Waals surface area contributed by atoms with Crippen LogP contribution in [-0.2, 0) is 29.2 Å². The summed E-state index contributed by atoms with van der Waals surface area (Å²) in [6, 6.07) is 0. The van der Waals surface area contributed by atoms with Crippen molar-refractivity contribution in [3.05, 3.63) is 12.2 Å². The van der Waals surface area contributed by atoms with Crippen LogP contribution in [0.15, 0.2) is 12.2 Å². The van der Waals surface area contributed by atoms with Gasteiger partial charge in [-0.2, -0.15) is 16.8 Å². The van der Waals surface area contributed by atoms with E-state index in [4.69, 9.17) is 9.11 Å². The first-order valence-electron chi connectivity index (χ1n) is 3.99. The first-order valence-corrected chi connectivity index (χ1v) is 6.72. The molecular weight excluding hydrogens is 264 g/mol. The minimum atomic E-state index is -4.57. The summed E-state index contributed by atoms with van der Waals surface area (Å²) in [4.78, 5) is 0. The van der Waals surface area contributed by atoms with Crippen molar-refractivity contribution in [3.8, 4) is 0 Å². The minimum Gasteiger partial charge on any atom is -0.264 e. The van der Waals surface area contributed by atoms with Crippen LogP contribution in [0.25, 0.3) is 0 Å². The number of hydrogen-bond donors (Lipinski definition) is 2. The Morgan fingerprint density at radius 1 is 0.875 bits per heavy atom. The average Bonchev–Trinajstić information content (AvgIpc) is 1.94. The third kappa shape index (κ3) is 10.0. The van der Waals surface area contributed by atoms with E-state index in [0.29, 0.717) is 0 Å². The van der Waals surface area contributed by atoms with E-state index in [2.05, 4.69) is 8.37 Å². The lowest BCUT2D eigenvalue weighted by atomic mass is 10.3. The summed E-state index contributed by atoms with van der Waals surface area (Å²) in [5.41, 5.74) is 0. The van der Waals surface area contributed by atoms with Gasteiger partial charge in [0.25, 0.3) is 0 Å². The molecule has 0 aliphatic rings. The third-order valence-electron chi connectivity index (χ3n) is 1.20. The van der Waals surface area contributed by atoms with Crippen molar-refractivity contribution in [2.24, 2.45) is 0 Å². The fourth-order valence-electron chi connectivity index (χ4n) is 0.761. The summed E-state index contributed by atoms with van der Waals surface area (Å²) in [5.74, 6) is 0. The lowest BCUT2D eigenvalue weighted by Gasteiger charge is -2.07. The van der Waals surface area contributed by atoms with E-state index in [1.165, 1.54) is 13.8 Å². The molecule has 0 fully saturated rings. The molecule has 0 saturated carbocycles. The van der Waals surface area contributed by atoms with Crippen LogP contribution >= 0.6 is 0 Å². The Balaban J connectivity index is 4.29.